The number of carboxylic acid groups (broad SMARTS) is 1. The van der Waals surface area contributed by atoms with Crippen molar-refractivity contribution in [3.8, 4) is 0 Å². The van der Waals surface area contributed by atoms with Gasteiger partial charge in [-0.1, -0.05) is 0 Å². The molecule has 7 heteroatoms. The molecule has 0 saturated carbocycles. The first-order valence-electron chi connectivity index (χ1n) is 5.63. The molecule has 1 amide bonds. The zero-order valence-corrected chi connectivity index (χ0v) is 10.2. The molecule has 0 spiro atoms. The standard InChI is InChI=1S/C12H12FN3O3/c1-7-11(12(19)14-5-4-10(17)18)16-6-8(13)2-3-9(16)15-7/h2-3,6H,4-5H2,1H3,(H,14,19)(H,17,18). The van der Waals surface area contributed by atoms with Gasteiger partial charge in [0.2, 0.25) is 0 Å². The maximum atomic E-state index is 13.2. The molecular formula is C12H12FN3O3. The highest BCUT2D eigenvalue weighted by Crippen LogP contribution is 2.13. The van der Waals surface area contributed by atoms with Crippen LogP contribution < -0.4 is 5.32 Å². The largest absolute Gasteiger partial charge is 0.481 e. The van der Waals surface area contributed by atoms with E-state index in [9.17, 15) is 14.0 Å². The van der Waals surface area contributed by atoms with Crippen molar-refractivity contribution in [3.05, 3.63) is 35.5 Å². The van der Waals surface area contributed by atoms with Crippen molar-refractivity contribution in [1.82, 2.24) is 14.7 Å². The molecule has 2 N–H and O–H groups in total. The minimum atomic E-state index is -0.999. The summed E-state index contributed by atoms with van der Waals surface area (Å²) in [6.45, 7) is 1.65. The van der Waals surface area contributed by atoms with Crippen LogP contribution in [0.2, 0.25) is 0 Å². The van der Waals surface area contributed by atoms with Gasteiger partial charge in [0.25, 0.3) is 5.91 Å². The molecule has 19 heavy (non-hydrogen) atoms. The molecule has 0 radical (unpaired) electrons. The Morgan fingerprint density at radius 1 is 1.47 bits per heavy atom. The lowest BCUT2D eigenvalue weighted by Gasteiger charge is -2.04. The number of nitrogens with one attached hydrogen (secondary N) is 1. The Morgan fingerprint density at radius 3 is 2.89 bits per heavy atom. The monoisotopic (exact) mass is 265 g/mol. The first-order chi connectivity index (χ1) is 8.99. The molecule has 2 aromatic heterocycles. The van der Waals surface area contributed by atoms with Crippen LogP contribution in [-0.4, -0.2) is 32.9 Å². The van der Waals surface area contributed by atoms with Gasteiger partial charge in [-0.05, 0) is 19.1 Å². The third-order valence-corrected chi connectivity index (χ3v) is 2.60. The highest BCUT2D eigenvalue weighted by molar-refractivity contribution is 5.94. The fourth-order valence-electron chi connectivity index (χ4n) is 1.78. The van der Waals surface area contributed by atoms with E-state index in [0.717, 1.165) is 0 Å². The van der Waals surface area contributed by atoms with Crippen LogP contribution in [0.3, 0.4) is 0 Å². The van der Waals surface area contributed by atoms with Crippen molar-refractivity contribution in [2.45, 2.75) is 13.3 Å². The van der Waals surface area contributed by atoms with Crippen molar-refractivity contribution in [2.75, 3.05) is 6.54 Å². The second-order valence-corrected chi connectivity index (χ2v) is 4.02. The highest BCUT2D eigenvalue weighted by Gasteiger charge is 2.16. The number of aryl methyl sites for hydroxylation is 1. The first kappa shape index (κ1) is 13.0. The third kappa shape index (κ3) is 2.70. The number of aliphatic carboxylic acids is 1. The lowest BCUT2D eigenvalue weighted by atomic mass is 10.3. The minimum absolute atomic E-state index is 0.0101. The van der Waals surface area contributed by atoms with E-state index in [0.29, 0.717) is 11.3 Å². The van der Waals surface area contributed by atoms with Crippen LogP contribution in [0.25, 0.3) is 5.65 Å². The maximum Gasteiger partial charge on any atom is 0.305 e. The van der Waals surface area contributed by atoms with Crippen molar-refractivity contribution in [1.29, 1.82) is 0 Å². The molecule has 0 aliphatic heterocycles. The van der Waals surface area contributed by atoms with E-state index < -0.39 is 17.7 Å². The van der Waals surface area contributed by atoms with Gasteiger partial charge < -0.3 is 10.4 Å². The maximum absolute atomic E-state index is 13.2. The summed E-state index contributed by atoms with van der Waals surface area (Å²) < 4.78 is 14.5. The Balaban J connectivity index is 2.28. The van der Waals surface area contributed by atoms with E-state index in [-0.39, 0.29) is 18.7 Å². The summed E-state index contributed by atoms with van der Waals surface area (Å²) in [4.78, 5) is 26.5. The molecule has 2 rings (SSSR count). The van der Waals surface area contributed by atoms with Crippen LogP contribution in [0.4, 0.5) is 4.39 Å². The number of hydrogen-bond donors (Lipinski definition) is 2. The van der Waals surface area contributed by atoms with E-state index in [4.69, 9.17) is 5.11 Å². The van der Waals surface area contributed by atoms with E-state index in [1.165, 1.54) is 22.7 Å². The third-order valence-electron chi connectivity index (χ3n) is 2.60. The topological polar surface area (TPSA) is 83.7 Å². The first-order valence-corrected chi connectivity index (χ1v) is 5.63. The Hall–Kier alpha value is -2.44. The molecule has 0 unspecified atom stereocenters. The van der Waals surface area contributed by atoms with Gasteiger partial charge in [0.15, 0.2) is 0 Å². The average molecular weight is 265 g/mol. The molecule has 0 bridgehead atoms. The number of hydrogen-bond acceptors (Lipinski definition) is 3. The predicted molar refractivity (Wildman–Crippen MR) is 64.5 cm³/mol. The number of carboxylic acids is 1. The molecule has 2 heterocycles. The number of rotatable bonds is 4. The Morgan fingerprint density at radius 2 is 2.21 bits per heavy atom. The summed E-state index contributed by atoms with van der Waals surface area (Å²) in [6.07, 6.45) is 0.997. The summed E-state index contributed by atoms with van der Waals surface area (Å²) in [5, 5.41) is 11.0. The van der Waals surface area contributed by atoms with Crippen molar-refractivity contribution < 1.29 is 19.1 Å². The number of imidazole rings is 1. The van der Waals surface area contributed by atoms with Gasteiger partial charge >= 0.3 is 5.97 Å². The van der Waals surface area contributed by atoms with Crippen LogP contribution in [0.1, 0.15) is 22.6 Å². The number of pyridine rings is 1. The second-order valence-electron chi connectivity index (χ2n) is 4.02. The normalized spacial score (nSPS) is 10.6. The molecule has 6 nitrogen and oxygen atoms in total. The molecule has 0 fully saturated rings. The zero-order chi connectivity index (χ0) is 14.0. The van der Waals surface area contributed by atoms with Gasteiger partial charge in [0.05, 0.1) is 12.1 Å². The fourth-order valence-corrected chi connectivity index (χ4v) is 1.78. The summed E-state index contributed by atoms with van der Waals surface area (Å²) in [6, 6.07) is 2.73. The van der Waals surface area contributed by atoms with Crippen molar-refractivity contribution >= 4 is 17.5 Å². The average Bonchev–Trinajstić information content (AvgIpc) is 2.63. The molecule has 0 atom stereocenters. The Kier molecular flexibility index (Phi) is 3.46. The zero-order valence-electron chi connectivity index (χ0n) is 10.2. The van der Waals surface area contributed by atoms with Gasteiger partial charge in [0.1, 0.15) is 17.2 Å². The van der Waals surface area contributed by atoms with Crippen LogP contribution >= 0.6 is 0 Å². The predicted octanol–water partition coefficient (Wildman–Crippen LogP) is 0.986. The Bertz CT molecular complexity index is 651. The number of halogens is 1. The van der Waals surface area contributed by atoms with Gasteiger partial charge in [-0.25, -0.2) is 9.37 Å². The van der Waals surface area contributed by atoms with E-state index in [1.54, 1.807) is 6.92 Å². The lowest BCUT2D eigenvalue weighted by Crippen LogP contribution is -2.27. The highest BCUT2D eigenvalue weighted by atomic mass is 19.1. The number of nitrogens with zero attached hydrogens (tertiary/aromatic N) is 2. The summed E-state index contributed by atoms with van der Waals surface area (Å²) in [7, 11) is 0. The molecule has 0 aromatic carbocycles. The van der Waals surface area contributed by atoms with Crippen molar-refractivity contribution in [2.24, 2.45) is 0 Å². The van der Waals surface area contributed by atoms with Gasteiger partial charge in [-0.2, -0.15) is 0 Å². The number of amides is 1. The molecule has 0 aliphatic carbocycles. The minimum Gasteiger partial charge on any atom is -0.481 e. The van der Waals surface area contributed by atoms with Crippen LogP contribution in [-0.2, 0) is 4.79 Å². The van der Waals surface area contributed by atoms with E-state index in [1.807, 2.05) is 0 Å². The quantitative estimate of drug-likeness (QED) is 0.863. The molecule has 2 aromatic rings. The van der Waals surface area contributed by atoms with E-state index in [2.05, 4.69) is 10.3 Å². The van der Waals surface area contributed by atoms with Gasteiger partial charge in [0, 0.05) is 12.7 Å². The Labute approximate surface area is 107 Å². The van der Waals surface area contributed by atoms with Crippen LogP contribution in [0.5, 0.6) is 0 Å². The fraction of sp³-hybridized carbons (Fsp3) is 0.250. The van der Waals surface area contributed by atoms with Crippen LogP contribution in [0.15, 0.2) is 18.3 Å². The molecular weight excluding hydrogens is 253 g/mol. The van der Waals surface area contributed by atoms with Crippen LogP contribution in [0, 0.1) is 12.7 Å². The van der Waals surface area contributed by atoms with Gasteiger partial charge in [-0.15, -0.1) is 0 Å². The summed E-state index contributed by atoms with van der Waals surface area (Å²) in [5.74, 6) is -1.96. The number of aromatic nitrogens is 2. The molecule has 0 saturated heterocycles. The lowest BCUT2D eigenvalue weighted by molar-refractivity contribution is -0.136. The molecule has 0 aliphatic rings. The SMILES string of the molecule is Cc1nc2ccc(F)cn2c1C(=O)NCCC(=O)O. The number of carbonyl (C=O) groups is 2. The summed E-state index contributed by atoms with van der Waals surface area (Å²) in [5.41, 5.74) is 1.13. The summed E-state index contributed by atoms with van der Waals surface area (Å²) >= 11 is 0. The van der Waals surface area contributed by atoms with Gasteiger partial charge in [-0.3, -0.25) is 14.0 Å². The molecule has 100 valence electrons. The van der Waals surface area contributed by atoms with E-state index >= 15 is 0 Å². The number of fused-ring (bicyclic) bond motifs is 1. The number of carbonyl (C=O) groups excluding carboxylic acids is 1. The smallest absolute Gasteiger partial charge is 0.305 e. The second kappa shape index (κ2) is 5.05. The van der Waals surface area contributed by atoms with Crippen molar-refractivity contribution in [3.63, 3.8) is 0 Å².